The molecule has 1 aromatic carbocycles. The number of aromatic hydroxyl groups is 1. The predicted octanol–water partition coefficient (Wildman–Crippen LogP) is 3.16. The molecular formula is C14H20O3. The number of carbonyl (C=O) groups is 1. The number of hydrogen-bond donors (Lipinski definition) is 1. The Labute approximate surface area is 102 Å². The van der Waals surface area contributed by atoms with Crippen molar-refractivity contribution in [1.29, 1.82) is 0 Å². The van der Waals surface area contributed by atoms with E-state index < -0.39 is 5.97 Å². The summed E-state index contributed by atoms with van der Waals surface area (Å²) < 4.78 is 4.89. The standard InChI is InChI=1S/C14H20O3/c1-4-17-14(16)12-7-5-6-11(13(12)15)9-8-10(2)3/h5-7,10,15H,4,8-9H2,1-3H3. The molecule has 17 heavy (non-hydrogen) atoms. The number of rotatable bonds is 5. The van der Waals surface area contributed by atoms with Gasteiger partial charge in [0.1, 0.15) is 11.3 Å². The number of carbonyl (C=O) groups excluding carboxylic acids is 1. The van der Waals surface area contributed by atoms with Crippen LogP contribution in [-0.2, 0) is 11.2 Å². The molecule has 1 aromatic rings. The first kappa shape index (κ1) is 13.6. The molecule has 3 heteroatoms. The van der Waals surface area contributed by atoms with Gasteiger partial charge in [0, 0.05) is 0 Å². The van der Waals surface area contributed by atoms with Crippen LogP contribution in [0.25, 0.3) is 0 Å². The van der Waals surface area contributed by atoms with Crippen LogP contribution in [0.5, 0.6) is 5.75 Å². The quantitative estimate of drug-likeness (QED) is 0.799. The Morgan fingerprint density at radius 2 is 2.12 bits per heavy atom. The molecule has 0 heterocycles. The van der Waals surface area contributed by atoms with Crippen LogP contribution >= 0.6 is 0 Å². The monoisotopic (exact) mass is 236 g/mol. The van der Waals surface area contributed by atoms with Crippen LogP contribution in [0.15, 0.2) is 18.2 Å². The van der Waals surface area contributed by atoms with Gasteiger partial charge in [0.15, 0.2) is 0 Å². The first-order chi connectivity index (χ1) is 8.06. The molecule has 1 rings (SSSR count). The molecule has 0 aromatic heterocycles. The SMILES string of the molecule is CCOC(=O)c1cccc(CCC(C)C)c1O. The molecular weight excluding hydrogens is 216 g/mol. The molecule has 0 aliphatic carbocycles. The zero-order chi connectivity index (χ0) is 12.8. The third-order valence-electron chi connectivity index (χ3n) is 2.61. The zero-order valence-corrected chi connectivity index (χ0v) is 10.7. The molecule has 0 unspecified atom stereocenters. The van der Waals surface area contributed by atoms with Crippen LogP contribution in [0.3, 0.4) is 0 Å². The Morgan fingerprint density at radius 3 is 2.71 bits per heavy atom. The molecule has 0 saturated heterocycles. The van der Waals surface area contributed by atoms with Crippen molar-refractivity contribution in [2.75, 3.05) is 6.61 Å². The van der Waals surface area contributed by atoms with Gasteiger partial charge in [0.2, 0.25) is 0 Å². The van der Waals surface area contributed by atoms with Gasteiger partial charge in [-0.15, -0.1) is 0 Å². The van der Waals surface area contributed by atoms with E-state index in [1.807, 2.05) is 6.07 Å². The van der Waals surface area contributed by atoms with Gasteiger partial charge < -0.3 is 9.84 Å². The maximum absolute atomic E-state index is 11.6. The number of phenolic OH excluding ortho intramolecular Hbond substituents is 1. The van der Waals surface area contributed by atoms with E-state index in [9.17, 15) is 9.90 Å². The molecule has 0 radical (unpaired) electrons. The van der Waals surface area contributed by atoms with Gasteiger partial charge in [-0.05, 0) is 37.3 Å². The lowest BCUT2D eigenvalue weighted by atomic mass is 10.00. The van der Waals surface area contributed by atoms with Gasteiger partial charge in [0.05, 0.1) is 6.61 Å². The first-order valence-corrected chi connectivity index (χ1v) is 6.04. The van der Waals surface area contributed by atoms with Crippen molar-refractivity contribution in [2.24, 2.45) is 5.92 Å². The molecule has 94 valence electrons. The van der Waals surface area contributed by atoms with E-state index in [0.717, 1.165) is 18.4 Å². The summed E-state index contributed by atoms with van der Waals surface area (Å²) in [5.74, 6) is 0.170. The number of benzene rings is 1. The molecule has 0 spiro atoms. The second-order valence-electron chi connectivity index (χ2n) is 4.47. The summed E-state index contributed by atoms with van der Waals surface area (Å²) >= 11 is 0. The number of ether oxygens (including phenoxy) is 1. The highest BCUT2D eigenvalue weighted by Crippen LogP contribution is 2.25. The molecule has 1 N–H and O–H groups in total. The van der Waals surface area contributed by atoms with Gasteiger partial charge >= 0.3 is 5.97 Å². The summed E-state index contributed by atoms with van der Waals surface area (Å²) in [6, 6.07) is 5.22. The lowest BCUT2D eigenvalue weighted by Gasteiger charge is -2.10. The van der Waals surface area contributed by atoms with Crippen molar-refractivity contribution in [3.05, 3.63) is 29.3 Å². The average molecular weight is 236 g/mol. The minimum atomic E-state index is -0.462. The number of hydrogen-bond acceptors (Lipinski definition) is 3. The minimum Gasteiger partial charge on any atom is -0.507 e. The molecule has 0 aliphatic heterocycles. The maximum atomic E-state index is 11.6. The van der Waals surface area contributed by atoms with Crippen LogP contribution in [0.2, 0.25) is 0 Å². The van der Waals surface area contributed by atoms with Gasteiger partial charge in [-0.3, -0.25) is 0 Å². The number of para-hydroxylation sites is 1. The maximum Gasteiger partial charge on any atom is 0.341 e. The highest BCUT2D eigenvalue weighted by molar-refractivity contribution is 5.92. The first-order valence-electron chi connectivity index (χ1n) is 6.04. The normalized spacial score (nSPS) is 10.6. The fraction of sp³-hybridized carbons (Fsp3) is 0.500. The summed E-state index contributed by atoms with van der Waals surface area (Å²) in [6.07, 6.45) is 1.76. The van der Waals surface area contributed by atoms with E-state index in [-0.39, 0.29) is 11.3 Å². The highest BCUT2D eigenvalue weighted by atomic mass is 16.5. The molecule has 3 nitrogen and oxygen atoms in total. The molecule has 0 aliphatic rings. The van der Waals surface area contributed by atoms with Crippen molar-refractivity contribution >= 4 is 5.97 Å². The average Bonchev–Trinajstić information content (AvgIpc) is 2.27. The van der Waals surface area contributed by atoms with Crippen molar-refractivity contribution in [1.82, 2.24) is 0 Å². The second-order valence-corrected chi connectivity index (χ2v) is 4.47. The Bertz CT molecular complexity index is 383. The summed E-state index contributed by atoms with van der Waals surface area (Å²) in [4.78, 5) is 11.6. The van der Waals surface area contributed by atoms with Gasteiger partial charge in [-0.2, -0.15) is 0 Å². The Kier molecular flexibility index (Phi) is 5.01. The molecule has 0 amide bonds. The zero-order valence-electron chi connectivity index (χ0n) is 10.7. The largest absolute Gasteiger partial charge is 0.507 e. The Hall–Kier alpha value is -1.51. The Morgan fingerprint density at radius 1 is 1.41 bits per heavy atom. The van der Waals surface area contributed by atoms with Crippen molar-refractivity contribution < 1.29 is 14.6 Å². The van der Waals surface area contributed by atoms with Gasteiger partial charge in [-0.1, -0.05) is 26.0 Å². The third-order valence-corrected chi connectivity index (χ3v) is 2.61. The fourth-order valence-corrected chi connectivity index (χ4v) is 1.61. The van der Waals surface area contributed by atoms with Crippen LogP contribution in [0, 0.1) is 5.92 Å². The van der Waals surface area contributed by atoms with E-state index in [2.05, 4.69) is 13.8 Å². The highest BCUT2D eigenvalue weighted by Gasteiger charge is 2.14. The predicted molar refractivity (Wildman–Crippen MR) is 67.2 cm³/mol. The number of esters is 1. The van der Waals surface area contributed by atoms with E-state index in [4.69, 9.17) is 4.74 Å². The summed E-state index contributed by atoms with van der Waals surface area (Å²) in [5, 5.41) is 10.00. The van der Waals surface area contributed by atoms with Crippen LogP contribution in [0.1, 0.15) is 43.1 Å². The van der Waals surface area contributed by atoms with Crippen molar-refractivity contribution in [3.8, 4) is 5.75 Å². The number of phenols is 1. The third kappa shape index (κ3) is 3.77. The van der Waals surface area contributed by atoms with Gasteiger partial charge in [-0.25, -0.2) is 4.79 Å². The summed E-state index contributed by atoms with van der Waals surface area (Å²) in [5.41, 5.74) is 1.07. The van der Waals surface area contributed by atoms with Crippen molar-refractivity contribution in [3.63, 3.8) is 0 Å². The van der Waals surface area contributed by atoms with E-state index in [1.54, 1.807) is 19.1 Å². The summed E-state index contributed by atoms with van der Waals surface area (Å²) in [7, 11) is 0. The lowest BCUT2D eigenvalue weighted by molar-refractivity contribution is 0.0523. The summed E-state index contributed by atoms with van der Waals surface area (Å²) in [6.45, 7) is 6.32. The van der Waals surface area contributed by atoms with Crippen LogP contribution in [-0.4, -0.2) is 17.7 Å². The van der Waals surface area contributed by atoms with Crippen molar-refractivity contribution in [2.45, 2.75) is 33.6 Å². The smallest absolute Gasteiger partial charge is 0.341 e. The van der Waals surface area contributed by atoms with E-state index in [0.29, 0.717) is 12.5 Å². The fourth-order valence-electron chi connectivity index (χ4n) is 1.61. The topological polar surface area (TPSA) is 46.5 Å². The molecule has 0 atom stereocenters. The molecule has 0 saturated carbocycles. The van der Waals surface area contributed by atoms with E-state index in [1.165, 1.54) is 0 Å². The van der Waals surface area contributed by atoms with Crippen LogP contribution in [0.4, 0.5) is 0 Å². The van der Waals surface area contributed by atoms with Crippen LogP contribution < -0.4 is 0 Å². The Balaban J connectivity index is 2.87. The lowest BCUT2D eigenvalue weighted by Crippen LogP contribution is -2.06. The van der Waals surface area contributed by atoms with Gasteiger partial charge in [0.25, 0.3) is 0 Å². The second kappa shape index (κ2) is 6.28. The molecule has 0 fully saturated rings. The minimum absolute atomic E-state index is 0.0617. The van der Waals surface area contributed by atoms with E-state index >= 15 is 0 Å². The molecule has 0 bridgehead atoms. The number of aryl methyl sites for hydroxylation is 1.